The first-order valence-electron chi connectivity index (χ1n) is 4.35. The Morgan fingerprint density at radius 2 is 2.43 bits per heavy atom. The molecule has 0 saturated heterocycles. The number of nitrogens with one attached hydrogen (secondary N) is 1. The molecular formula is C9H12BrClN2O. The molecule has 0 aliphatic rings. The Morgan fingerprint density at radius 1 is 1.71 bits per heavy atom. The number of aromatic nitrogens is 1. The zero-order chi connectivity index (χ0) is 10.6. The summed E-state index contributed by atoms with van der Waals surface area (Å²) in [5.41, 5.74) is 0. The molecule has 0 saturated carbocycles. The fraction of sp³-hybridized carbons (Fsp3) is 0.444. The number of aliphatic hydroxyl groups is 1. The molecule has 1 heterocycles. The van der Waals surface area contributed by atoms with Crippen molar-refractivity contribution in [1.29, 1.82) is 0 Å². The SMILES string of the molecule is CC[C@@H](CO)Nc1ncc(Cl)cc1Br. The molecular weight excluding hydrogens is 267 g/mol. The summed E-state index contributed by atoms with van der Waals surface area (Å²) in [6, 6.07) is 1.79. The first-order chi connectivity index (χ1) is 6.67. The topological polar surface area (TPSA) is 45.1 Å². The monoisotopic (exact) mass is 278 g/mol. The first-order valence-corrected chi connectivity index (χ1v) is 5.53. The molecule has 0 aromatic carbocycles. The van der Waals surface area contributed by atoms with Crippen LogP contribution in [-0.4, -0.2) is 22.7 Å². The summed E-state index contributed by atoms with van der Waals surface area (Å²) in [6.45, 7) is 2.09. The first kappa shape index (κ1) is 11.8. The molecule has 3 nitrogen and oxygen atoms in total. The summed E-state index contributed by atoms with van der Waals surface area (Å²) < 4.78 is 0.803. The molecule has 0 aliphatic carbocycles. The molecule has 0 unspecified atom stereocenters. The molecule has 2 N–H and O–H groups in total. The van der Waals surface area contributed by atoms with E-state index in [1.54, 1.807) is 12.3 Å². The van der Waals surface area contributed by atoms with Crippen molar-refractivity contribution < 1.29 is 5.11 Å². The van der Waals surface area contributed by atoms with Gasteiger partial charge in [0.2, 0.25) is 0 Å². The molecule has 14 heavy (non-hydrogen) atoms. The summed E-state index contributed by atoms with van der Waals surface area (Å²) in [5, 5.41) is 12.7. The van der Waals surface area contributed by atoms with E-state index in [0.717, 1.165) is 10.9 Å². The zero-order valence-corrected chi connectivity index (χ0v) is 10.1. The van der Waals surface area contributed by atoms with E-state index in [0.29, 0.717) is 10.8 Å². The summed E-state index contributed by atoms with van der Waals surface area (Å²) >= 11 is 9.09. The van der Waals surface area contributed by atoms with Crippen LogP contribution < -0.4 is 5.32 Å². The Kier molecular flexibility index (Phi) is 4.65. The maximum atomic E-state index is 9.00. The van der Waals surface area contributed by atoms with Crippen LogP contribution >= 0.6 is 27.5 Å². The van der Waals surface area contributed by atoms with Crippen molar-refractivity contribution in [3.63, 3.8) is 0 Å². The molecule has 1 atom stereocenters. The molecule has 0 radical (unpaired) electrons. The van der Waals surface area contributed by atoms with E-state index in [1.165, 1.54) is 0 Å². The number of anilines is 1. The van der Waals surface area contributed by atoms with Crippen molar-refractivity contribution in [2.24, 2.45) is 0 Å². The average molecular weight is 280 g/mol. The van der Waals surface area contributed by atoms with Gasteiger partial charge in [-0.25, -0.2) is 4.98 Å². The molecule has 1 aromatic rings. The van der Waals surface area contributed by atoms with Crippen LogP contribution in [0.5, 0.6) is 0 Å². The van der Waals surface area contributed by atoms with Gasteiger partial charge in [-0.05, 0) is 28.4 Å². The Hall–Kier alpha value is -0.320. The number of nitrogens with zero attached hydrogens (tertiary/aromatic N) is 1. The highest BCUT2D eigenvalue weighted by Gasteiger charge is 2.07. The lowest BCUT2D eigenvalue weighted by Gasteiger charge is -2.15. The summed E-state index contributed by atoms with van der Waals surface area (Å²) in [5.74, 6) is 0.704. The third-order valence-corrected chi connectivity index (χ3v) is 2.67. The Labute approximate surface area is 96.6 Å². The highest BCUT2D eigenvalue weighted by Crippen LogP contribution is 2.23. The van der Waals surface area contributed by atoms with Crippen molar-refractivity contribution in [3.8, 4) is 0 Å². The standard InChI is InChI=1S/C9H12BrClN2O/c1-2-7(5-14)13-9-8(10)3-6(11)4-12-9/h3-4,7,14H,2,5H2,1H3,(H,12,13)/t7-/m0/s1. The van der Waals surface area contributed by atoms with Gasteiger partial charge in [-0.1, -0.05) is 18.5 Å². The quantitative estimate of drug-likeness (QED) is 0.891. The average Bonchev–Trinajstić information content (AvgIpc) is 2.17. The Morgan fingerprint density at radius 3 is 2.93 bits per heavy atom. The van der Waals surface area contributed by atoms with Gasteiger partial charge in [-0.2, -0.15) is 0 Å². The third-order valence-electron chi connectivity index (χ3n) is 1.86. The van der Waals surface area contributed by atoms with Gasteiger partial charge >= 0.3 is 0 Å². The summed E-state index contributed by atoms with van der Waals surface area (Å²) in [7, 11) is 0. The Bertz CT molecular complexity index is 305. The van der Waals surface area contributed by atoms with Crippen molar-refractivity contribution in [2.45, 2.75) is 19.4 Å². The maximum Gasteiger partial charge on any atom is 0.140 e. The predicted octanol–water partition coefficient (Wildman–Crippen LogP) is 2.68. The van der Waals surface area contributed by atoms with E-state index < -0.39 is 0 Å². The zero-order valence-electron chi connectivity index (χ0n) is 7.80. The Balaban J connectivity index is 2.76. The molecule has 0 spiro atoms. The maximum absolute atomic E-state index is 9.00. The van der Waals surface area contributed by atoms with Crippen LogP contribution in [0.4, 0.5) is 5.82 Å². The lowest BCUT2D eigenvalue weighted by molar-refractivity contribution is 0.271. The van der Waals surface area contributed by atoms with Crippen LogP contribution in [-0.2, 0) is 0 Å². The van der Waals surface area contributed by atoms with Gasteiger partial charge in [0.1, 0.15) is 5.82 Å². The van der Waals surface area contributed by atoms with Crippen LogP contribution in [0.25, 0.3) is 0 Å². The second-order valence-electron chi connectivity index (χ2n) is 2.92. The summed E-state index contributed by atoms with van der Waals surface area (Å²) in [4.78, 5) is 4.11. The van der Waals surface area contributed by atoms with Crippen LogP contribution in [0.15, 0.2) is 16.7 Å². The van der Waals surface area contributed by atoms with Crippen molar-refractivity contribution in [2.75, 3.05) is 11.9 Å². The van der Waals surface area contributed by atoms with E-state index in [1.807, 2.05) is 6.92 Å². The minimum absolute atomic E-state index is 0.0278. The largest absolute Gasteiger partial charge is 0.394 e. The third kappa shape index (κ3) is 3.12. The smallest absolute Gasteiger partial charge is 0.140 e. The van der Waals surface area contributed by atoms with E-state index in [4.69, 9.17) is 16.7 Å². The van der Waals surface area contributed by atoms with Crippen LogP contribution in [0.1, 0.15) is 13.3 Å². The molecule has 0 fully saturated rings. The highest BCUT2D eigenvalue weighted by molar-refractivity contribution is 9.10. The number of hydrogen-bond donors (Lipinski definition) is 2. The molecule has 1 rings (SSSR count). The minimum atomic E-state index is 0.0278. The van der Waals surface area contributed by atoms with Gasteiger partial charge in [0, 0.05) is 6.20 Å². The molecule has 0 bridgehead atoms. The second-order valence-corrected chi connectivity index (χ2v) is 4.21. The number of pyridine rings is 1. The number of aliphatic hydroxyl groups excluding tert-OH is 1. The highest BCUT2D eigenvalue weighted by atomic mass is 79.9. The fourth-order valence-corrected chi connectivity index (χ4v) is 1.74. The number of hydrogen-bond acceptors (Lipinski definition) is 3. The molecule has 5 heteroatoms. The number of rotatable bonds is 4. The minimum Gasteiger partial charge on any atom is -0.394 e. The lowest BCUT2D eigenvalue weighted by Crippen LogP contribution is -2.23. The van der Waals surface area contributed by atoms with E-state index in [9.17, 15) is 0 Å². The van der Waals surface area contributed by atoms with E-state index in [2.05, 4.69) is 26.2 Å². The van der Waals surface area contributed by atoms with E-state index in [-0.39, 0.29) is 12.6 Å². The molecule has 0 amide bonds. The molecule has 1 aromatic heterocycles. The fourth-order valence-electron chi connectivity index (χ4n) is 0.991. The van der Waals surface area contributed by atoms with Crippen LogP contribution in [0, 0.1) is 0 Å². The lowest BCUT2D eigenvalue weighted by atomic mass is 10.2. The number of halogens is 2. The van der Waals surface area contributed by atoms with Gasteiger partial charge < -0.3 is 10.4 Å². The van der Waals surface area contributed by atoms with Crippen molar-refractivity contribution in [3.05, 3.63) is 21.8 Å². The van der Waals surface area contributed by atoms with Crippen LogP contribution in [0.2, 0.25) is 5.02 Å². The van der Waals surface area contributed by atoms with Gasteiger partial charge in [0.25, 0.3) is 0 Å². The van der Waals surface area contributed by atoms with Crippen molar-refractivity contribution >= 4 is 33.3 Å². The van der Waals surface area contributed by atoms with Gasteiger partial charge in [0.15, 0.2) is 0 Å². The van der Waals surface area contributed by atoms with Crippen molar-refractivity contribution in [1.82, 2.24) is 4.98 Å². The van der Waals surface area contributed by atoms with Gasteiger partial charge in [0.05, 0.1) is 22.1 Å². The van der Waals surface area contributed by atoms with E-state index >= 15 is 0 Å². The summed E-state index contributed by atoms with van der Waals surface area (Å²) in [6.07, 6.45) is 2.41. The van der Waals surface area contributed by atoms with Gasteiger partial charge in [-0.3, -0.25) is 0 Å². The normalized spacial score (nSPS) is 12.6. The second kappa shape index (κ2) is 5.53. The van der Waals surface area contributed by atoms with Gasteiger partial charge in [-0.15, -0.1) is 0 Å². The van der Waals surface area contributed by atoms with Crippen LogP contribution in [0.3, 0.4) is 0 Å². The molecule has 0 aliphatic heterocycles. The molecule has 78 valence electrons. The predicted molar refractivity (Wildman–Crippen MR) is 61.7 cm³/mol.